The van der Waals surface area contributed by atoms with Crippen LogP contribution in [-0.4, -0.2) is 32.6 Å². The molecule has 0 aromatic carbocycles. The molecule has 1 saturated carbocycles. The molecule has 1 aliphatic carbocycles. The van der Waals surface area contributed by atoms with Gasteiger partial charge in [-0.25, -0.2) is 13.1 Å². The smallest absolute Gasteiger partial charge is 0.208 e. The Hall–Kier alpha value is 0.220. The summed E-state index contributed by atoms with van der Waals surface area (Å²) in [5.41, 5.74) is 0. The summed E-state index contributed by atoms with van der Waals surface area (Å²) in [4.78, 5) is 0. The molecular weight excluding hydrogens is 244 g/mol. The highest BCUT2D eigenvalue weighted by Gasteiger charge is 2.21. The van der Waals surface area contributed by atoms with Crippen LogP contribution in [0.4, 0.5) is 0 Å². The fourth-order valence-electron chi connectivity index (χ4n) is 2.14. The Morgan fingerprint density at radius 3 is 2.31 bits per heavy atom. The minimum atomic E-state index is -3.03. The molecule has 0 saturated heterocycles. The summed E-state index contributed by atoms with van der Waals surface area (Å²) in [5.74, 6) is 0.489. The number of rotatable bonds is 5. The zero-order chi connectivity index (χ0) is 12.2. The molecule has 16 heavy (non-hydrogen) atoms. The summed E-state index contributed by atoms with van der Waals surface area (Å²) < 4.78 is 24.5. The third-order valence-electron chi connectivity index (χ3n) is 2.96. The van der Waals surface area contributed by atoms with Crippen LogP contribution in [-0.2, 0) is 10.0 Å². The van der Waals surface area contributed by atoms with Gasteiger partial charge in [0.2, 0.25) is 10.0 Å². The Kier molecular flexibility index (Phi) is 5.56. The van der Waals surface area contributed by atoms with Crippen molar-refractivity contribution in [1.82, 2.24) is 10.0 Å². The van der Waals surface area contributed by atoms with E-state index in [1.165, 1.54) is 6.26 Å². The van der Waals surface area contributed by atoms with Gasteiger partial charge < -0.3 is 5.32 Å². The Labute approximate surface area is 104 Å². The van der Waals surface area contributed by atoms with E-state index in [-0.39, 0.29) is 5.37 Å². The van der Waals surface area contributed by atoms with Crippen molar-refractivity contribution in [3.8, 4) is 0 Å². The molecular formula is C10H22N2O2S2. The molecule has 4 nitrogen and oxygen atoms in total. The summed E-state index contributed by atoms with van der Waals surface area (Å²) in [6, 6.07) is 0.544. The van der Waals surface area contributed by atoms with Crippen molar-refractivity contribution in [3.63, 3.8) is 0 Å². The van der Waals surface area contributed by atoms with Crippen molar-refractivity contribution in [1.29, 1.82) is 0 Å². The van der Waals surface area contributed by atoms with Crippen LogP contribution in [0.2, 0.25) is 0 Å². The van der Waals surface area contributed by atoms with Gasteiger partial charge in [0.05, 0.1) is 6.26 Å². The average molecular weight is 266 g/mol. The van der Waals surface area contributed by atoms with E-state index in [0.29, 0.717) is 18.5 Å². The van der Waals surface area contributed by atoms with E-state index in [4.69, 9.17) is 0 Å². The minimum absolute atomic E-state index is 0.232. The second kappa shape index (κ2) is 6.23. The van der Waals surface area contributed by atoms with Crippen molar-refractivity contribution >= 4 is 22.7 Å². The molecule has 1 fully saturated rings. The number of thiol groups is 1. The number of nitrogens with one attached hydrogen (secondary N) is 2. The summed E-state index contributed by atoms with van der Waals surface area (Å²) in [6.45, 7) is 2.61. The standard InChI is InChI=1S/C10H22N2O2S2/c1-8(15)12-10-5-3-9(4-6-10)7-11-16(2,13)14/h8-12,15H,3-7H2,1-2H3. The predicted molar refractivity (Wildman–Crippen MR) is 70.2 cm³/mol. The molecule has 1 aliphatic rings. The Morgan fingerprint density at radius 2 is 1.88 bits per heavy atom. The van der Waals surface area contributed by atoms with E-state index in [2.05, 4.69) is 22.7 Å². The van der Waals surface area contributed by atoms with Gasteiger partial charge in [0, 0.05) is 18.0 Å². The van der Waals surface area contributed by atoms with Gasteiger partial charge in [0.15, 0.2) is 0 Å². The third-order valence-corrected chi connectivity index (χ3v) is 3.80. The van der Waals surface area contributed by atoms with Crippen LogP contribution in [0.25, 0.3) is 0 Å². The van der Waals surface area contributed by atoms with Crippen LogP contribution >= 0.6 is 12.6 Å². The first kappa shape index (κ1) is 14.3. The van der Waals surface area contributed by atoms with Crippen molar-refractivity contribution in [3.05, 3.63) is 0 Å². The number of sulfonamides is 1. The summed E-state index contributed by atoms with van der Waals surface area (Å²) in [7, 11) is -3.03. The van der Waals surface area contributed by atoms with Gasteiger partial charge in [0.1, 0.15) is 0 Å². The zero-order valence-electron chi connectivity index (χ0n) is 9.94. The van der Waals surface area contributed by atoms with Gasteiger partial charge in [0.25, 0.3) is 0 Å². The maximum atomic E-state index is 11.0. The van der Waals surface area contributed by atoms with Crippen molar-refractivity contribution in [2.24, 2.45) is 5.92 Å². The molecule has 0 aromatic heterocycles. The van der Waals surface area contributed by atoms with Gasteiger partial charge in [-0.3, -0.25) is 0 Å². The fourth-order valence-corrected chi connectivity index (χ4v) is 2.89. The first-order valence-corrected chi connectivity index (χ1v) is 8.16. The maximum absolute atomic E-state index is 11.0. The lowest BCUT2D eigenvalue weighted by Crippen LogP contribution is -2.38. The monoisotopic (exact) mass is 266 g/mol. The molecule has 0 radical (unpaired) electrons. The molecule has 0 bridgehead atoms. The Balaban J connectivity index is 2.22. The highest BCUT2D eigenvalue weighted by molar-refractivity contribution is 7.88. The normalized spacial score (nSPS) is 28.9. The summed E-state index contributed by atoms with van der Waals surface area (Å²) in [6.07, 6.45) is 5.60. The molecule has 96 valence electrons. The van der Waals surface area contributed by atoms with Crippen LogP contribution in [0.15, 0.2) is 0 Å². The van der Waals surface area contributed by atoms with E-state index in [1.54, 1.807) is 0 Å². The van der Waals surface area contributed by atoms with Crippen LogP contribution in [0.5, 0.6) is 0 Å². The molecule has 1 unspecified atom stereocenters. The highest BCUT2D eigenvalue weighted by Crippen LogP contribution is 2.24. The lowest BCUT2D eigenvalue weighted by atomic mass is 9.86. The van der Waals surface area contributed by atoms with Crippen LogP contribution in [0.1, 0.15) is 32.6 Å². The number of hydrogen-bond donors (Lipinski definition) is 3. The molecule has 1 rings (SSSR count). The fraction of sp³-hybridized carbons (Fsp3) is 1.00. The van der Waals surface area contributed by atoms with E-state index >= 15 is 0 Å². The molecule has 6 heteroatoms. The Bertz CT molecular complexity index is 296. The summed E-state index contributed by atoms with van der Waals surface area (Å²) in [5, 5.41) is 3.63. The largest absolute Gasteiger partial charge is 0.303 e. The lowest BCUT2D eigenvalue weighted by molar-refractivity contribution is 0.291. The van der Waals surface area contributed by atoms with Crippen LogP contribution in [0.3, 0.4) is 0 Å². The van der Waals surface area contributed by atoms with Gasteiger partial charge in [-0.05, 0) is 38.5 Å². The van der Waals surface area contributed by atoms with Crippen molar-refractivity contribution in [2.45, 2.75) is 44.0 Å². The number of hydrogen-bond acceptors (Lipinski definition) is 4. The summed E-state index contributed by atoms with van der Waals surface area (Å²) >= 11 is 4.31. The minimum Gasteiger partial charge on any atom is -0.303 e. The second-order valence-corrected chi connectivity index (χ2v) is 7.29. The molecule has 0 aromatic rings. The Morgan fingerprint density at radius 1 is 1.31 bits per heavy atom. The van der Waals surface area contributed by atoms with Gasteiger partial charge >= 0.3 is 0 Å². The van der Waals surface area contributed by atoms with Crippen LogP contribution < -0.4 is 10.0 Å². The molecule has 0 heterocycles. The second-order valence-electron chi connectivity index (χ2n) is 4.68. The third kappa shape index (κ3) is 6.08. The van der Waals surface area contributed by atoms with E-state index in [0.717, 1.165) is 25.7 Å². The topological polar surface area (TPSA) is 58.2 Å². The van der Waals surface area contributed by atoms with E-state index in [1.807, 2.05) is 6.92 Å². The predicted octanol–water partition coefficient (Wildman–Crippen LogP) is 0.960. The maximum Gasteiger partial charge on any atom is 0.208 e. The molecule has 2 N–H and O–H groups in total. The first-order chi connectivity index (χ1) is 7.37. The lowest BCUT2D eigenvalue weighted by Gasteiger charge is -2.30. The van der Waals surface area contributed by atoms with Gasteiger partial charge in [-0.2, -0.15) is 12.6 Å². The zero-order valence-corrected chi connectivity index (χ0v) is 11.7. The average Bonchev–Trinajstić information content (AvgIpc) is 2.14. The molecule has 0 aliphatic heterocycles. The SMILES string of the molecule is CC(S)NC1CCC(CNS(C)(=O)=O)CC1. The quantitative estimate of drug-likeness (QED) is 0.513. The first-order valence-electron chi connectivity index (χ1n) is 5.75. The molecule has 1 atom stereocenters. The van der Waals surface area contributed by atoms with E-state index in [9.17, 15) is 8.42 Å². The van der Waals surface area contributed by atoms with Crippen LogP contribution in [0, 0.1) is 5.92 Å². The molecule has 0 spiro atoms. The highest BCUT2D eigenvalue weighted by atomic mass is 32.2. The molecule has 0 amide bonds. The van der Waals surface area contributed by atoms with Crippen molar-refractivity contribution in [2.75, 3.05) is 12.8 Å². The van der Waals surface area contributed by atoms with Crippen molar-refractivity contribution < 1.29 is 8.42 Å². The van der Waals surface area contributed by atoms with Gasteiger partial charge in [-0.1, -0.05) is 0 Å². The van der Waals surface area contributed by atoms with E-state index < -0.39 is 10.0 Å². The van der Waals surface area contributed by atoms with Gasteiger partial charge in [-0.15, -0.1) is 0 Å².